The number of amides is 1. The molecule has 0 N–H and O–H groups in total. The molecule has 0 bridgehead atoms. The Bertz CT molecular complexity index is 905. The normalized spacial score (nSPS) is 13.4. The molecule has 0 unspecified atom stereocenters. The minimum atomic E-state index is -0.903. The second-order valence-electron chi connectivity index (χ2n) is 10.1. The van der Waals surface area contributed by atoms with Crippen LogP contribution in [0.2, 0.25) is 0 Å². The van der Waals surface area contributed by atoms with Crippen molar-refractivity contribution in [2.24, 2.45) is 5.41 Å². The van der Waals surface area contributed by atoms with Crippen molar-refractivity contribution in [1.82, 2.24) is 9.80 Å². The molecule has 0 aromatic carbocycles. The fourth-order valence-corrected chi connectivity index (χ4v) is 4.01. The number of ether oxygens (including phenoxy) is 8. The van der Waals surface area contributed by atoms with Gasteiger partial charge in [0.1, 0.15) is 26.4 Å². The highest BCUT2D eigenvalue weighted by Gasteiger charge is 2.33. The molecule has 46 heavy (non-hydrogen) atoms. The Morgan fingerprint density at radius 1 is 0.587 bits per heavy atom. The topological polar surface area (TPSA) is 166 Å². The molecule has 0 atom stereocenters. The smallest absolute Gasteiger partial charge is 0.330 e. The third kappa shape index (κ3) is 19.0. The molecule has 0 radical (unpaired) electrons. The van der Waals surface area contributed by atoms with E-state index in [-0.39, 0.29) is 97.6 Å². The molecular formula is C31H48N2O13. The molecule has 1 fully saturated rings. The van der Waals surface area contributed by atoms with Crippen LogP contribution in [0, 0.1) is 5.41 Å². The molecule has 0 aliphatic carbocycles. The Hall–Kier alpha value is -3.63. The van der Waals surface area contributed by atoms with Crippen molar-refractivity contribution in [2.75, 3.05) is 112 Å². The van der Waals surface area contributed by atoms with Gasteiger partial charge in [-0.1, -0.05) is 19.7 Å². The van der Waals surface area contributed by atoms with Crippen molar-refractivity contribution in [3.63, 3.8) is 0 Å². The number of rotatable bonds is 26. The second-order valence-corrected chi connectivity index (χ2v) is 10.1. The number of hydrogen-bond acceptors (Lipinski definition) is 14. The maximum Gasteiger partial charge on any atom is 0.330 e. The quantitative estimate of drug-likeness (QED) is 0.0541. The molecule has 1 rings (SSSR count). The molecule has 15 nitrogen and oxygen atoms in total. The number of hydrogen-bond donors (Lipinski definition) is 0. The van der Waals surface area contributed by atoms with Gasteiger partial charge < -0.3 is 42.8 Å². The van der Waals surface area contributed by atoms with E-state index >= 15 is 0 Å². The summed E-state index contributed by atoms with van der Waals surface area (Å²) in [4.78, 5) is 61.6. The number of carbonyl (C=O) groups is 5. The highest BCUT2D eigenvalue weighted by Crippen LogP contribution is 2.21. The maximum atomic E-state index is 12.3. The second kappa shape index (κ2) is 24.6. The Morgan fingerprint density at radius 2 is 0.957 bits per heavy atom. The first-order valence-corrected chi connectivity index (χ1v) is 15.0. The first-order chi connectivity index (χ1) is 22.1. The largest absolute Gasteiger partial charge is 0.463 e. The van der Waals surface area contributed by atoms with Gasteiger partial charge in [0.05, 0.1) is 64.7 Å². The van der Waals surface area contributed by atoms with Crippen LogP contribution >= 0.6 is 0 Å². The average Bonchev–Trinajstić information content (AvgIpc) is 3.06. The minimum absolute atomic E-state index is 0.0130. The molecule has 15 heteroatoms. The van der Waals surface area contributed by atoms with E-state index in [0.29, 0.717) is 32.7 Å². The van der Waals surface area contributed by atoms with Crippen LogP contribution in [0.25, 0.3) is 0 Å². The van der Waals surface area contributed by atoms with E-state index < -0.39 is 23.3 Å². The van der Waals surface area contributed by atoms with E-state index in [2.05, 4.69) is 24.6 Å². The Balaban J connectivity index is 2.66. The zero-order valence-corrected chi connectivity index (χ0v) is 26.8. The van der Waals surface area contributed by atoms with Crippen molar-refractivity contribution in [3.05, 3.63) is 38.0 Å². The van der Waals surface area contributed by atoms with E-state index in [0.717, 1.165) is 18.2 Å². The molecule has 1 saturated heterocycles. The van der Waals surface area contributed by atoms with Crippen molar-refractivity contribution in [2.45, 2.75) is 13.3 Å². The summed E-state index contributed by atoms with van der Waals surface area (Å²) in [6.07, 6.45) is 3.34. The van der Waals surface area contributed by atoms with Crippen LogP contribution in [0.1, 0.15) is 13.3 Å². The van der Waals surface area contributed by atoms with Crippen LogP contribution in [0.3, 0.4) is 0 Å². The van der Waals surface area contributed by atoms with Gasteiger partial charge in [0.2, 0.25) is 5.91 Å². The lowest BCUT2D eigenvalue weighted by atomic mass is 9.92. The molecular weight excluding hydrogens is 608 g/mol. The number of carbonyl (C=O) groups excluding carboxylic acids is 5. The summed E-state index contributed by atoms with van der Waals surface area (Å²) in [5, 5.41) is 0. The number of nitrogens with zero attached hydrogens (tertiary/aromatic N) is 2. The molecule has 1 aliphatic rings. The predicted molar refractivity (Wildman–Crippen MR) is 163 cm³/mol. The first kappa shape index (κ1) is 40.4. The van der Waals surface area contributed by atoms with Gasteiger partial charge in [-0.3, -0.25) is 14.5 Å². The Labute approximate surface area is 270 Å². The SMILES string of the molecule is C=CC(=O)OCCOCC(COCCOC(=O)C=C)(COCCOC(=O)C=C)COCCOC(=O)CCN1CCN(C(C)=O)CC1. The van der Waals surface area contributed by atoms with E-state index in [9.17, 15) is 24.0 Å². The molecule has 1 aliphatic heterocycles. The van der Waals surface area contributed by atoms with Gasteiger partial charge in [-0.25, -0.2) is 14.4 Å². The van der Waals surface area contributed by atoms with E-state index in [4.69, 9.17) is 37.9 Å². The van der Waals surface area contributed by atoms with Crippen molar-refractivity contribution >= 4 is 29.8 Å². The van der Waals surface area contributed by atoms with Gasteiger partial charge in [0.15, 0.2) is 0 Å². The predicted octanol–water partition coefficient (Wildman–Crippen LogP) is 0.324. The van der Waals surface area contributed by atoms with Gasteiger partial charge in [-0.05, 0) is 0 Å². The maximum absolute atomic E-state index is 12.3. The van der Waals surface area contributed by atoms with Gasteiger partial charge in [-0.2, -0.15) is 0 Å². The van der Waals surface area contributed by atoms with E-state index in [1.54, 1.807) is 11.8 Å². The van der Waals surface area contributed by atoms with Crippen molar-refractivity contribution < 1.29 is 61.9 Å². The zero-order chi connectivity index (χ0) is 34.0. The summed E-state index contributed by atoms with van der Waals surface area (Å²) in [5.74, 6) is -2.07. The lowest BCUT2D eigenvalue weighted by Gasteiger charge is -2.34. The summed E-state index contributed by atoms with van der Waals surface area (Å²) in [5.41, 5.74) is -0.903. The third-order valence-electron chi connectivity index (χ3n) is 6.49. The summed E-state index contributed by atoms with van der Waals surface area (Å²) in [6, 6.07) is 0. The summed E-state index contributed by atoms with van der Waals surface area (Å²) in [6.45, 7) is 15.2. The van der Waals surface area contributed by atoms with Crippen molar-refractivity contribution in [1.29, 1.82) is 0 Å². The first-order valence-electron chi connectivity index (χ1n) is 15.0. The molecule has 1 amide bonds. The van der Waals surface area contributed by atoms with Crippen molar-refractivity contribution in [3.8, 4) is 0 Å². The third-order valence-corrected chi connectivity index (χ3v) is 6.49. The highest BCUT2D eigenvalue weighted by molar-refractivity contribution is 5.81. The van der Waals surface area contributed by atoms with Gasteiger partial charge in [-0.15, -0.1) is 0 Å². The fourth-order valence-electron chi connectivity index (χ4n) is 4.01. The summed E-state index contributed by atoms with van der Waals surface area (Å²) >= 11 is 0. The lowest BCUT2D eigenvalue weighted by Crippen LogP contribution is -2.48. The summed E-state index contributed by atoms with van der Waals surface area (Å²) < 4.78 is 43.3. The Kier molecular flexibility index (Phi) is 21.6. The van der Waals surface area contributed by atoms with Gasteiger partial charge >= 0.3 is 23.9 Å². The number of piperazine rings is 1. The van der Waals surface area contributed by atoms with Gasteiger partial charge in [0.25, 0.3) is 0 Å². The summed E-state index contributed by atoms with van der Waals surface area (Å²) in [7, 11) is 0. The standard InChI is InChI=1S/C31H48N2O13/c1-5-27(35)43-18-14-39-22-31(23-40-15-19-44-28(36)6-2,24-41-16-20-45-29(37)7-3)25-42-17-21-46-30(38)8-9-32-10-12-33(13-11-32)26(4)34/h5-7H,1-3,8-25H2,4H3. The van der Waals surface area contributed by atoms with Crippen LogP contribution in [-0.2, 0) is 61.9 Å². The van der Waals surface area contributed by atoms with Crippen LogP contribution in [-0.4, -0.2) is 152 Å². The van der Waals surface area contributed by atoms with Crippen LogP contribution in [0.4, 0.5) is 0 Å². The molecule has 0 spiro atoms. The highest BCUT2D eigenvalue weighted by atomic mass is 16.6. The van der Waals surface area contributed by atoms with Crippen LogP contribution in [0.5, 0.6) is 0 Å². The fraction of sp³-hybridized carbons (Fsp3) is 0.645. The lowest BCUT2D eigenvalue weighted by molar-refractivity contribution is -0.149. The molecule has 0 aromatic rings. The van der Waals surface area contributed by atoms with Crippen LogP contribution < -0.4 is 0 Å². The molecule has 260 valence electrons. The monoisotopic (exact) mass is 656 g/mol. The molecule has 0 saturated carbocycles. The molecule has 1 heterocycles. The number of esters is 4. The van der Waals surface area contributed by atoms with E-state index in [1.807, 2.05) is 0 Å². The zero-order valence-electron chi connectivity index (χ0n) is 26.8. The van der Waals surface area contributed by atoms with E-state index in [1.165, 1.54) is 0 Å². The molecule has 0 aromatic heterocycles. The minimum Gasteiger partial charge on any atom is -0.463 e. The van der Waals surface area contributed by atoms with Gasteiger partial charge in [0, 0.05) is 57.9 Å². The average molecular weight is 657 g/mol. The van der Waals surface area contributed by atoms with Crippen LogP contribution in [0.15, 0.2) is 38.0 Å². The Morgan fingerprint density at radius 3 is 1.30 bits per heavy atom.